The molecular formula is C11H22ClN. The van der Waals surface area contributed by atoms with Crippen LogP contribution >= 0.6 is 11.6 Å². The number of hydrogen-bond acceptors (Lipinski definition) is 1. The topological polar surface area (TPSA) is 12.0 Å². The highest BCUT2D eigenvalue weighted by Gasteiger charge is 2.16. The summed E-state index contributed by atoms with van der Waals surface area (Å²) in [5, 5.41) is 3.38. The molecule has 0 saturated heterocycles. The van der Waals surface area contributed by atoms with E-state index in [1.807, 2.05) is 6.08 Å². The van der Waals surface area contributed by atoms with Crippen LogP contribution in [0.1, 0.15) is 27.7 Å². The van der Waals surface area contributed by atoms with Crippen LogP contribution in [0, 0.1) is 17.8 Å². The Morgan fingerprint density at radius 3 is 2.08 bits per heavy atom. The summed E-state index contributed by atoms with van der Waals surface area (Å²) in [4.78, 5) is 0. The summed E-state index contributed by atoms with van der Waals surface area (Å²) >= 11 is 5.42. The average molecular weight is 204 g/mol. The van der Waals surface area contributed by atoms with Crippen LogP contribution in [0.3, 0.4) is 0 Å². The van der Waals surface area contributed by atoms with Gasteiger partial charge in [-0.05, 0) is 24.3 Å². The van der Waals surface area contributed by atoms with Crippen molar-refractivity contribution in [3.05, 3.63) is 11.6 Å². The number of halogens is 1. The molecule has 0 aromatic carbocycles. The third-order valence-corrected chi connectivity index (χ3v) is 2.62. The summed E-state index contributed by atoms with van der Waals surface area (Å²) in [5.74, 6) is 2.24. The average Bonchev–Trinajstić information content (AvgIpc) is 2.02. The highest BCUT2D eigenvalue weighted by molar-refractivity contribution is 6.25. The Balaban J connectivity index is 3.70. The number of rotatable bonds is 6. The minimum Gasteiger partial charge on any atom is -0.313 e. The van der Waals surface area contributed by atoms with Crippen LogP contribution in [0.4, 0.5) is 0 Å². The van der Waals surface area contributed by atoms with Gasteiger partial charge < -0.3 is 5.32 Å². The molecule has 0 bridgehead atoms. The van der Waals surface area contributed by atoms with Gasteiger partial charge in [0.15, 0.2) is 0 Å². The zero-order valence-corrected chi connectivity index (χ0v) is 9.93. The second-order valence-electron chi connectivity index (χ2n) is 4.17. The molecule has 0 rings (SSSR count). The molecule has 0 saturated carbocycles. The maximum absolute atomic E-state index is 5.42. The Morgan fingerprint density at radius 1 is 1.15 bits per heavy atom. The first-order valence-corrected chi connectivity index (χ1v) is 5.49. The summed E-state index contributed by atoms with van der Waals surface area (Å²) in [7, 11) is 0. The molecule has 1 nitrogen and oxygen atoms in total. The fraction of sp³-hybridized carbons (Fsp3) is 0.818. The van der Waals surface area contributed by atoms with Crippen molar-refractivity contribution in [2.24, 2.45) is 17.8 Å². The van der Waals surface area contributed by atoms with Crippen molar-refractivity contribution in [2.45, 2.75) is 27.7 Å². The van der Waals surface area contributed by atoms with Gasteiger partial charge in [-0.25, -0.2) is 0 Å². The standard InChI is InChI=1S/C11H22ClN/c1-9(2)11(10(3)4)8-13-7-5-6-12/h5-6,9-11,13H,7-8H2,1-4H3/b6-5+. The Morgan fingerprint density at radius 2 is 1.69 bits per heavy atom. The zero-order valence-electron chi connectivity index (χ0n) is 9.18. The van der Waals surface area contributed by atoms with Gasteiger partial charge in [-0.15, -0.1) is 0 Å². The molecule has 0 spiro atoms. The molecule has 0 aromatic heterocycles. The summed E-state index contributed by atoms with van der Waals surface area (Å²) in [6.45, 7) is 11.1. The van der Waals surface area contributed by atoms with Crippen molar-refractivity contribution in [1.82, 2.24) is 5.32 Å². The second-order valence-corrected chi connectivity index (χ2v) is 4.42. The van der Waals surface area contributed by atoms with Crippen molar-refractivity contribution in [3.8, 4) is 0 Å². The van der Waals surface area contributed by atoms with Crippen LogP contribution in [-0.4, -0.2) is 13.1 Å². The molecule has 0 fully saturated rings. The van der Waals surface area contributed by atoms with Crippen molar-refractivity contribution in [2.75, 3.05) is 13.1 Å². The lowest BCUT2D eigenvalue weighted by Gasteiger charge is -2.24. The molecule has 0 unspecified atom stereocenters. The molecule has 0 heterocycles. The summed E-state index contributed by atoms with van der Waals surface area (Å²) in [5.41, 5.74) is 1.56. The van der Waals surface area contributed by atoms with Crippen LogP contribution in [-0.2, 0) is 0 Å². The maximum atomic E-state index is 5.42. The number of nitrogens with one attached hydrogen (secondary N) is 1. The largest absolute Gasteiger partial charge is 0.313 e. The van der Waals surface area contributed by atoms with Gasteiger partial charge in [0, 0.05) is 12.1 Å². The predicted octanol–water partition coefficient (Wildman–Crippen LogP) is 3.26. The molecular weight excluding hydrogens is 182 g/mol. The van der Waals surface area contributed by atoms with Crippen molar-refractivity contribution < 1.29 is 0 Å². The third-order valence-electron chi connectivity index (χ3n) is 2.44. The van der Waals surface area contributed by atoms with Crippen LogP contribution in [0.25, 0.3) is 0 Å². The molecule has 2 heteroatoms. The van der Waals surface area contributed by atoms with E-state index in [0.717, 1.165) is 30.8 Å². The van der Waals surface area contributed by atoms with E-state index in [1.165, 1.54) is 0 Å². The Kier molecular flexibility index (Phi) is 7.39. The second kappa shape index (κ2) is 7.40. The van der Waals surface area contributed by atoms with E-state index in [0.29, 0.717) is 0 Å². The Bertz CT molecular complexity index is 133. The van der Waals surface area contributed by atoms with Gasteiger partial charge in [0.25, 0.3) is 0 Å². The highest BCUT2D eigenvalue weighted by Crippen LogP contribution is 2.19. The molecule has 1 N–H and O–H groups in total. The van der Waals surface area contributed by atoms with Gasteiger partial charge in [0.1, 0.15) is 0 Å². The summed E-state index contributed by atoms with van der Waals surface area (Å²) in [6, 6.07) is 0. The van der Waals surface area contributed by atoms with Crippen LogP contribution in [0.5, 0.6) is 0 Å². The van der Waals surface area contributed by atoms with Gasteiger partial charge >= 0.3 is 0 Å². The van der Waals surface area contributed by atoms with Crippen LogP contribution in [0.15, 0.2) is 11.6 Å². The molecule has 13 heavy (non-hydrogen) atoms. The Labute approximate surface area is 87.6 Å². The first kappa shape index (κ1) is 13.0. The van der Waals surface area contributed by atoms with E-state index >= 15 is 0 Å². The van der Waals surface area contributed by atoms with E-state index in [9.17, 15) is 0 Å². The van der Waals surface area contributed by atoms with Crippen molar-refractivity contribution >= 4 is 11.6 Å². The van der Waals surface area contributed by atoms with Crippen LogP contribution in [0.2, 0.25) is 0 Å². The molecule has 0 amide bonds. The van der Waals surface area contributed by atoms with Gasteiger partial charge in [0.05, 0.1) is 0 Å². The quantitative estimate of drug-likeness (QED) is 0.654. The van der Waals surface area contributed by atoms with Gasteiger partial charge in [-0.3, -0.25) is 0 Å². The van der Waals surface area contributed by atoms with E-state index in [-0.39, 0.29) is 0 Å². The molecule has 0 aliphatic heterocycles. The van der Waals surface area contributed by atoms with Gasteiger partial charge in [-0.2, -0.15) is 0 Å². The summed E-state index contributed by atoms with van der Waals surface area (Å²) in [6.07, 6.45) is 1.93. The SMILES string of the molecule is CC(C)C(CNC/C=C/Cl)C(C)C. The van der Waals surface area contributed by atoms with E-state index in [1.54, 1.807) is 5.54 Å². The summed E-state index contributed by atoms with van der Waals surface area (Å²) < 4.78 is 0. The van der Waals surface area contributed by atoms with Gasteiger partial charge in [-0.1, -0.05) is 45.4 Å². The van der Waals surface area contributed by atoms with Gasteiger partial charge in [0.2, 0.25) is 0 Å². The Hall–Kier alpha value is -0.0100. The monoisotopic (exact) mass is 203 g/mol. The third kappa shape index (κ3) is 6.11. The minimum absolute atomic E-state index is 0.743. The van der Waals surface area contributed by atoms with Crippen molar-refractivity contribution in [3.63, 3.8) is 0 Å². The maximum Gasteiger partial charge on any atom is 0.0146 e. The first-order valence-electron chi connectivity index (χ1n) is 5.05. The lowest BCUT2D eigenvalue weighted by Crippen LogP contribution is -2.29. The number of hydrogen-bond donors (Lipinski definition) is 1. The normalized spacial score (nSPS) is 12.6. The molecule has 0 aromatic rings. The van der Waals surface area contributed by atoms with Crippen LogP contribution < -0.4 is 5.32 Å². The molecule has 0 radical (unpaired) electrons. The zero-order chi connectivity index (χ0) is 10.3. The molecule has 0 aliphatic carbocycles. The molecule has 78 valence electrons. The molecule has 0 aliphatic rings. The van der Waals surface area contributed by atoms with Crippen molar-refractivity contribution in [1.29, 1.82) is 0 Å². The smallest absolute Gasteiger partial charge is 0.0146 e. The lowest BCUT2D eigenvalue weighted by molar-refractivity contribution is 0.279. The minimum atomic E-state index is 0.743. The van der Waals surface area contributed by atoms with E-state index < -0.39 is 0 Å². The first-order chi connectivity index (χ1) is 6.09. The highest BCUT2D eigenvalue weighted by atomic mass is 35.5. The van der Waals surface area contributed by atoms with E-state index in [2.05, 4.69) is 33.0 Å². The predicted molar refractivity (Wildman–Crippen MR) is 61.0 cm³/mol. The lowest BCUT2D eigenvalue weighted by atomic mass is 9.85. The van der Waals surface area contributed by atoms with E-state index in [4.69, 9.17) is 11.6 Å². The fourth-order valence-corrected chi connectivity index (χ4v) is 1.71. The molecule has 0 atom stereocenters. The fourth-order valence-electron chi connectivity index (χ4n) is 1.62.